The molecule has 2 N–H and O–H groups in total. The zero-order chi connectivity index (χ0) is 16.5. The number of hydrogen-bond donors (Lipinski definition) is 2. The fraction of sp³-hybridized carbons (Fsp3) is 0.467. The molecule has 1 rings (SSSR count). The lowest BCUT2D eigenvalue weighted by atomic mass is 10.3. The molecule has 0 aliphatic carbocycles. The van der Waals surface area contributed by atoms with E-state index in [9.17, 15) is 9.59 Å². The van der Waals surface area contributed by atoms with Crippen LogP contribution in [0.4, 0.5) is 0 Å². The lowest BCUT2D eigenvalue weighted by molar-refractivity contribution is -0.871. The van der Waals surface area contributed by atoms with Crippen molar-refractivity contribution in [1.29, 1.82) is 0 Å². The smallest absolute Gasteiger partial charge is 0.275 e. The highest BCUT2D eigenvalue weighted by Gasteiger charge is 2.12. The highest BCUT2D eigenvalue weighted by Crippen LogP contribution is 2.14. The van der Waals surface area contributed by atoms with Gasteiger partial charge >= 0.3 is 0 Å². The summed E-state index contributed by atoms with van der Waals surface area (Å²) < 4.78 is 5.57. The highest BCUT2D eigenvalue weighted by atomic mass is 35.5. The highest BCUT2D eigenvalue weighted by molar-refractivity contribution is 6.30. The second-order valence-corrected chi connectivity index (χ2v) is 5.69. The van der Waals surface area contributed by atoms with Crippen molar-refractivity contribution in [3.05, 3.63) is 29.3 Å². The molecular formula is C15H23ClN3O3+. The second-order valence-electron chi connectivity index (χ2n) is 5.25. The number of likely N-dealkylation sites (N-methyl/N-ethyl adjacent to an activating group) is 2. The minimum absolute atomic E-state index is 0.0282. The standard InChI is InChI=1S/C15H22ClN3O3/c1-18(2)15(21)10-17-14(20)11-19(3)8-9-22-13-6-4-12(16)5-7-13/h4-7H,8-11H2,1-3H3,(H,17,20)/p+1. The molecule has 1 aromatic carbocycles. The van der Waals surface area contributed by atoms with Gasteiger partial charge in [-0.05, 0) is 24.3 Å². The van der Waals surface area contributed by atoms with E-state index in [4.69, 9.17) is 16.3 Å². The summed E-state index contributed by atoms with van der Waals surface area (Å²) in [5.74, 6) is 0.467. The van der Waals surface area contributed by atoms with E-state index in [1.807, 2.05) is 7.05 Å². The Bertz CT molecular complexity index is 491. The predicted molar refractivity (Wildman–Crippen MR) is 85.3 cm³/mol. The van der Waals surface area contributed by atoms with E-state index in [1.165, 1.54) is 4.90 Å². The van der Waals surface area contributed by atoms with Crippen molar-refractivity contribution >= 4 is 23.4 Å². The molecule has 0 radical (unpaired) electrons. The Morgan fingerprint density at radius 3 is 2.50 bits per heavy atom. The molecule has 7 heteroatoms. The molecule has 1 atom stereocenters. The summed E-state index contributed by atoms with van der Waals surface area (Å²) in [6, 6.07) is 7.14. The molecule has 2 amide bonds. The number of carbonyl (C=O) groups is 2. The van der Waals surface area contributed by atoms with E-state index in [1.54, 1.807) is 38.4 Å². The Kier molecular flexibility index (Phi) is 7.70. The lowest BCUT2D eigenvalue weighted by Crippen LogP contribution is -3.10. The molecule has 0 aromatic heterocycles. The van der Waals surface area contributed by atoms with Crippen molar-refractivity contribution in [2.45, 2.75) is 0 Å². The molecule has 0 bridgehead atoms. The van der Waals surface area contributed by atoms with Crippen LogP contribution in [0.25, 0.3) is 0 Å². The number of benzene rings is 1. The quantitative estimate of drug-likeness (QED) is 0.672. The summed E-state index contributed by atoms with van der Waals surface area (Å²) in [5, 5.41) is 3.27. The van der Waals surface area contributed by atoms with E-state index >= 15 is 0 Å². The maximum atomic E-state index is 11.7. The number of nitrogens with one attached hydrogen (secondary N) is 2. The molecule has 0 saturated heterocycles. The van der Waals surface area contributed by atoms with Gasteiger partial charge in [-0.3, -0.25) is 9.59 Å². The van der Waals surface area contributed by atoms with E-state index < -0.39 is 0 Å². The Morgan fingerprint density at radius 2 is 1.91 bits per heavy atom. The van der Waals surface area contributed by atoms with Crippen LogP contribution < -0.4 is 15.0 Å². The zero-order valence-corrected chi connectivity index (χ0v) is 13.9. The third-order valence-electron chi connectivity index (χ3n) is 3.01. The van der Waals surface area contributed by atoms with Crippen LogP contribution in [0, 0.1) is 0 Å². The number of ether oxygens (including phenoxy) is 1. The molecule has 22 heavy (non-hydrogen) atoms. The van der Waals surface area contributed by atoms with Crippen LogP contribution in [0.1, 0.15) is 0 Å². The molecule has 0 spiro atoms. The number of hydrogen-bond acceptors (Lipinski definition) is 3. The molecule has 0 saturated carbocycles. The van der Waals surface area contributed by atoms with Gasteiger partial charge in [-0.2, -0.15) is 0 Å². The van der Waals surface area contributed by atoms with Crippen LogP contribution in [-0.4, -0.2) is 64.1 Å². The van der Waals surface area contributed by atoms with Crippen LogP contribution in [0.5, 0.6) is 5.75 Å². The number of quaternary nitrogens is 1. The van der Waals surface area contributed by atoms with Crippen LogP contribution in [-0.2, 0) is 9.59 Å². The van der Waals surface area contributed by atoms with Crippen LogP contribution >= 0.6 is 11.6 Å². The SMILES string of the molecule is CN(C)C(=O)CNC(=O)C[NH+](C)CCOc1ccc(Cl)cc1. The van der Waals surface area contributed by atoms with E-state index in [0.29, 0.717) is 24.7 Å². The summed E-state index contributed by atoms with van der Waals surface area (Å²) >= 11 is 5.79. The van der Waals surface area contributed by atoms with Gasteiger partial charge in [-0.25, -0.2) is 0 Å². The van der Waals surface area contributed by atoms with E-state index in [2.05, 4.69) is 5.32 Å². The monoisotopic (exact) mass is 328 g/mol. The minimum atomic E-state index is -0.154. The molecular weight excluding hydrogens is 306 g/mol. The number of carbonyl (C=O) groups excluding carboxylic acids is 2. The fourth-order valence-corrected chi connectivity index (χ4v) is 1.76. The van der Waals surface area contributed by atoms with Gasteiger partial charge in [0.1, 0.15) is 18.9 Å². The number of amides is 2. The first-order valence-corrected chi connectivity index (χ1v) is 7.43. The number of nitrogens with zero attached hydrogens (tertiary/aromatic N) is 1. The van der Waals surface area contributed by atoms with Crippen molar-refractivity contribution in [2.75, 3.05) is 47.4 Å². The Morgan fingerprint density at radius 1 is 1.27 bits per heavy atom. The topological polar surface area (TPSA) is 63.1 Å². The third kappa shape index (κ3) is 7.28. The van der Waals surface area contributed by atoms with Crippen molar-refractivity contribution in [3.63, 3.8) is 0 Å². The van der Waals surface area contributed by atoms with Crippen molar-refractivity contribution in [2.24, 2.45) is 0 Å². The maximum Gasteiger partial charge on any atom is 0.275 e. The number of halogens is 1. The van der Waals surface area contributed by atoms with Gasteiger partial charge in [0.2, 0.25) is 5.91 Å². The predicted octanol–water partition coefficient (Wildman–Crippen LogP) is -0.562. The van der Waals surface area contributed by atoms with Crippen molar-refractivity contribution in [1.82, 2.24) is 10.2 Å². The average molecular weight is 329 g/mol. The summed E-state index contributed by atoms with van der Waals surface area (Å²) in [5.41, 5.74) is 0. The third-order valence-corrected chi connectivity index (χ3v) is 3.26. The first kappa shape index (κ1) is 18.3. The molecule has 1 unspecified atom stereocenters. The molecule has 6 nitrogen and oxygen atoms in total. The molecule has 0 fully saturated rings. The van der Waals surface area contributed by atoms with E-state index in [0.717, 1.165) is 10.6 Å². The molecule has 1 aromatic rings. The van der Waals surface area contributed by atoms with Gasteiger partial charge in [0, 0.05) is 19.1 Å². The van der Waals surface area contributed by atoms with Gasteiger partial charge in [0.25, 0.3) is 5.91 Å². The lowest BCUT2D eigenvalue weighted by Gasteiger charge is -2.15. The first-order chi connectivity index (χ1) is 10.4. The van der Waals surface area contributed by atoms with Gasteiger partial charge in [-0.15, -0.1) is 0 Å². The Balaban J connectivity index is 2.19. The fourth-order valence-electron chi connectivity index (χ4n) is 1.63. The summed E-state index contributed by atoms with van der Waals surface area (Å²) in [7, 11) is 5.21. The van der Waals surface area contributed by atoms with Gasteiger partial charge in [0.15, 0.2) is 6.54 Å². The molecule has 122 valence electrons. The molecule has 0 aliphatic heterocycles. The van der Waals surface area contributed by atoms with Crippen LogP contribution in [0.15, 0.2) is 24.3 Å². The maximum absolute atomic E-state index is 11.7. The van der Waals surface area contributed by atoms with Crippen molar-refractivity contribution < 1.29 is 19.2 Å². The Labute approximate surface area is 136 Å². The van der Waals surface area contributed by atoms with Crippen LogP contribution in [0.3, 0.4) is 0 Å². The molecule has 0 aliphatic rings. The summed E-state index contributed by atoms with van der Waals surface area (Å²) in [6.45, 7) is 1.50. The summed E-state index contributed by atoms with van der Waals surface area (Å²) in [6.07, 6.45) is 0. The molecule has 0 heterocycles. The first-order valence-electron chi connectivity index (χ1n) is 7.05. The number of rotatable bonds is 8. The zero-order valence-electron chi connectivity index (χ0n) is 13.2. The summed E-state index contributed by atoms with van der Waals surface area (Å²) in [4.78, 5) is 25.5. The van der Waals surface area contributed by atoms with Gasteiger partial charge in [0.05, 0.1) is 13.6 Å². The van der Waals surface area contributed by atoms with E-state index in [-0.39, 0.29) is 18.4 Å². The average Bonchev–Trinajstić information content (AvgIpc) is 2.46. The Hall–Kier alpha value is -1.79. The largest absolute Gasteiger partial charge is 0.488 e. The normalized spacial score (nSPS) is 11.6. The minimum Gasteiger partial charge on any atom is -0.488 e. The van der Waals surface area contributed by atoms with Crippen LogP contribution in [0.2, 0.25) is 5.02 Å². The van der Waals surface area contributed by atoms with Gasteiger partial charge < -0.3 is 19.9 Å². The van der Waals surface area contributed by atoms with Crippen molar-refractivity contribution in [3.8, 4) is 5.75 Å². The second kappa shape index (κ2) is 9.27. The van der Waals surface area contributed by atoms with Gasteiger partial charge in [-0.1, -0.05) is 11.6 Å².